The summed E-state index contributed by atoms with van der Waals surface area (Å²) >= 11 is 0. The van der Waals surface area contributed by atoms with Gasteiger partial charge >= 0.3 is 0 Å². The fourth-order valence-corrected chi connectivity index (χ4v) is 3.45. The van der Waals surface area contributed by atoms with E-state index in [1.807, 2.05) is 0 Å². The Labute approximate surface area is 94.3 Å². The van der Waals surface area contributed by atoms with Crippen LogP contribution in [0.15, 0.2) is 0 Å². The average molecular weight is 210 g/mol. The van der Waals surface area contributed by atoms with Crippen LogP contribution in [0.1, 0.15) is 64.7 Å². The molecule has 1 unspecified atom stereocenters. The monoisotopic (exact) mass is 210 g/mol. The van der Waals surface area contributed by atoms with Crippen molar-refractivity contribution in [2.24, 2.45) is 17.8 Å². The molecular formula is C14H26O. The highest BCUT2D eigenvalue weighted by molar-refractivity contribution is 4.79. The lowest BCUT2D eigenvalue weighted by atomic mass is 9.78. The van der Waals surface area contributed by atoms with Crippen molar-refractivity contribution in [2.45, 2.75) is 70.8 Å². The molecule has 2 aliphatic carbocycles. The highest BCUT2D eigenvalue weighted by Crippen LogP contribution is 2.35. The minimum Gasteiger partial charge on any atom is -0.393 e. The van der Waals surface area contributed by atoms with Crippen LogP contribution in [0.3, 0.4) is 0 Å². The van der Waals surface area contributed by atoms with Gasteiger partial charge in [0.05, 0.1) is 6.10 Å². The molecule has 1 heteroatoms. The van der Waals surface area contributed by atoms with E-state index < -0.39 is 0 Å². The number of hydrogen-bond acceptors (Lipinski definition) is 1. The van der Waals surface area contributed by atoms with Gasteiger partial charge in [0.15, 0.2) is 0 Å². The minimum atomic E-state index is 0.0144. The van der Waals surface area contributed by atoms with Crippen LogP contribution < -0.4 is 0 Å². The van der Waals surface area contributed by atoms with E-state index in [2.05, 4.69) is 6.92 Å². The molecule has 2 aliphatic rings. The molecule has 2 saturated carbocycles. The number of hydrogen-bond donors (Lipinski definition) is 1. The van der Waals surface area contributed by atoms with Crippen molar-refractivity contribution >= 4 is 0 Å². The maximum absolute atomic E-state index is 10.2. The molecule has 0 aromatic rings. The number of rotatable bonds is 3. The first kappa shape index (κ1) is 11.4. The molecule has 2 rings (SSSR count). The molecule has 0 radical (unpaired) electrons. The molecule has 0 aromatic carbocycles. The maximum atomic E-state index is 10.2. The lowest BCUT2D eigenvalue weighted by Crippen LogP contribution is -2.26. The van der Waals surface area contributed by atoms with Crippen LogP contribution in [-0.2, 0) is 0 Å². The molecule has 2 fully saturated rings. The van der Waals surface area contributed by atoms with Crippen LogP contribution in [-0.4, -0.2) is 11.2 Å². The van der Waals surface area contributed by atoms with Gasteiger partial charge in [-0.3, -0.25) is 0 Å². The van der Waals surface area contributed by atoms with Crippen molar-refractivity contribution in [1.29, 1.82) is 0 Å². The second kappa shape index (κ2) is 5.34. The Morgan fingerprint density at radius 3 is 2.20 bits per heavy atom. The zero-order chi connectivity index (χ0) is 10.7. The predicted molar refractivity (Wildman–Crippen MR) is 63.7 cm³/mol. The van der Waals surface area contributed by atoms with Gasteiger partial charge in [-0.1, -0.05) is 45.4 Å². The third-order valence-corrected chi connectivity index (χ3v) is 4.65. The quantitative estimate of drug-likeness (QED) is 0.752. The average Bonchev–Trinajstić information content (AvgIpc) is 2.71. The highest BCUT2D eigenvalue weighted by atomic mass is 16.3. The molecule has 0 aromatic heterocycles. The molecule has 0 spiro atoms. The lowest BCUT2D eigenvalue weighted by Gasteiger charge is -2.31. The van der Waals surface area contributed by atoms with Crippen LogP contribution in [0.5, 0.6) is 0 Å². The van der Waals surface area contributed by atoms with E-state index in [-0.39, 0.29) is 6.10 Å². The Bertz CT molecular complexity index is 176. The van der Waals surface area contributed by atoms with E-state index >= 15 is 0 Å². The van der Waals surface area contributed by atoms with Gasteiger partial charge in [-0.05, 0) is 37.0 Å². The summed E-state index contributed by atoms with van der Waals surface area (Å²) in [6.07, 6.45) is 11.9. The Morgan fingerprint density at radius 1 is 1.00 bits per heavy atom. The first-order valence-corrected chi connectivity index (χ1v) is 6.93. The molecule has 0 amide bonds. The molecule has 0 aliphatic heterocycles. The van der Waals surface area contributed by atoms with E-state index in [1.54, 1.807) is 0 Å². The zero-order valence-corrected chi connectivity index (χ0v) is 10.1. The predicted octanol–water partition coefficient (Wildman–Crippen LogP) is 3.75. The normalized spacial score (nSPS) is 35.6. The number of aliphatic hydroxyl groups excluding tert-OH is 1. The summed E-state index contributed by atoms with van der Waals surface area (Å²) in [4.78, 5) is 0. The molecule has 1 atom stereocenters. The van der Waals surface area contributed by atoms with E-state index in [4.69, 9.17) is 0 Å². The summed E-state index contributed by atoms with van der Waals surface area (Å²) in [5.41, 5.74) is 0. The summed E-state index contributed by atoms with van der Waals surface area (Å²) in [5.74, 6) is 2.38. The number of aliphatic hydroxyl groups is 1. The van der Waals surface area contributed by atoms with Crippen molar-refractivity contribution in [1.82, 2.24) is 0 Å². The minimum absolute atomic E-state index is 0.0144. The summed E-state index contributed by atoms with van der Waals surface area (Å²) in [6.45, 7) is 2.35. The van der Waals surface area contributed by atoms with E-state index in [0.29, 0.717) is 5.92 Å². The van der Waals surface area contributed by atoms with Crippen LogP contribution in [0.4, 0.5) is 0 Å². The van der Waals surface area contributed by atoms with Crippen molar-refractivity contribution in [3.8, 4) is 0 Å². The van der Waals surface area contributed by atoms with Crippen LogP contribution in [0, 0.1) is 17.8 Å². The SMILES string of the molecule is CC1CCC(C(O)CC2CCCC2)CC1. The van der Waals surface area contributed by atoms with Crippen LogP contribution in [0.25, 0.3) is 0 Å². The van der Waals surface area contributed by atoms with Crippen molar-refractivity contribution < 1.29 is 5.11 Å². The standard InChI is InChI=1S/C14H26O/c1-11-6-8-13(9-7-11)14(15)10-12-4-2-3-5-12/h11-15H,2-10H2,1H3. The maximum Gasteiger partial charge on any atom is 0.0571 e. The molecular weight excluding hydrogens is 184 g/mol. The van der Waals surface area contributed by atoms with Gasteiger partial charge < -0.3 is 5.11 Å². The molecule has 15 heavy (non-hydrogen) atoms. The Balaban J connectivity index is 1.72. The molecule has 1 nitrogen and oxygen atoms in total. The van der Waals surface area contributed by atoms with Gasteiger partial charge in [-0.2, -0.15) is 0 Å². The Hall–Kier alpha value is -0.0400. The summed E-state index contributed by atoms with van der Waals surface area (Å²) < 4.78 is 0. The zero-order valence-electron chi connectivity index (χ0n) is 10.1. The first-order chi connectivity index (χ1) is 7.25. The molecule has 0 heterocycles. The first-order valence-electron chi connectivity index (χ1n) is 6.93. The van der Waals surface area contributed by atoms with Crippen molar-refractivity contribution in [3.63, 3.8) is 0 Å². The molecule has 0 bridgehead atoms. The molecule has 1 N–H and O–H groups in total. The fourth-order valence-electron chi connectivity index (χ4n) is 3.45. The van der Waals surface area contributed by atoms with Gasteiger partial charge in [0.2, 0.25) is 0 Å². The second-order valence-electron chi connectivity index (χ2n) is 5.97. The third-order valence-electron chi connectivity index (χ3n) is 4.65. The lowest BCUT2D eigenvalue weighted by molar-refractivity contribution is 0.0555. The van der Waals surface area contributed by atoms with Crippen molar-refractivity contribution in [2.75, 3.05) is 0 Å². The molecule has 0 saturated heterocycles. The summed E-state index contributed by atoms with van der Waals surface area (Å²) in [5, 5.41) is 10.2. The topological polar surface area (TPSA) is 20.2 Å². The largest absolute Gasteiger partial charge is 0.393 e. The second-order valence-corrected chi connectivity index (χ2v) is 5.97. The van der Waals surface area contributed by atoms with Crippen LogP contribution >= 0.6 is 0 Å². The van der Waals surface area contributed by atoms with Gasteiger partial charge in [0.25, 0.3) is 0 Å². The molecule has 88 valence electrons. The Kier molecular flexibility index (Phi) is 4.07. The van der Waals surface area contributed by atoms with E-state index in [9.17, 15) is 5.11 Å². The van der Waals surface area contributed by atoms with Crippen molar-refractivity contribution in [3.05, 3.63) is 0 Å². The summed E-state index contributed by atoms with van der Waals surface area (Å²) in [7, 11) is 0. The van der Waals surface area contributed by atoms with Gasteiger partial charge in [-0.25, -0.2) is 0 Å². The van der Waals surface area contributed by atoms with E-state index in [1.165, 1.54) is 51.4 Å². The van der Waals surface area contributed by atoms with Gasteiger partial charge in [-0.15, -0.1) is 0 Å². The smallest absolute Gasteiger partial charge is 0.0571 e. The third kappa shape index (κ3) is 3.21. The Morgan fingerprint density at radius 2 is 1.60 bits per heavy atom. The fraction of sp³-hybridized carbons (Fsp3) is 1.00. The summed E-state index contributed by atoms with van der Waals surface area (Å²) in [6, 6.07) is 0. The van der Waals surface area contributed by atoms with Crippen LogP contribution in [0.2, 0.25) is 0 Å². The highest BCUT2D eigenvalue weighted by Gasteiger charge is 2.27. The van der Waals surface area contributed by atoms with Gasteiger partial charge in [0, 0.05) is 0 Å². The van der Waals surface area contributed by atoms with Gasteiger partial charge in [0.1, 0.15) is 0 Å². The van der Waals surface area contributed by atoms with E-state index in [0.717, 1.165) is 18.3 Å².